The minimum atomic E-state index is -0.339. The summed E-state index contributed by atoms with van der Waals surface area (Å²) in [4.78, 5) is 37.8. The highest BCUT2D eigenvalue weighted by molar-refractivity contribution is 5.79. The molecule has 0 aliphatic carbocycles. The average Bonchev–Trinajstić information content (AvgIpc) is 2.73. The second-order valence-corrected chi connectivity index (χ2v) is 6.88. The molecule has 0 radical (unpaired) electrons. The third kappa shape index (κ3) is 4.62. The maximum Gasteiger partial charge on any atom is 0.299 e. The van der Waals surface area contributed by atoms with Gasteiger partial charge in [-0.3, -0.25) is 19.1 Å². The van der Waals surface area contributed by atoms with Gasteiger partial charge in [0.15, 0.2) is 11.6 Å². The third-order valence-electron chi connectivity index (χ3n) is 4.71. The lowest BCUT2D eigenvalue weighted by molar-refractivity contribution is -0.119. The van der Waals surface area contributed by atoms with Crippen molar-refractivity contribution in [2.45, 2.75) is 26.7 Å². The fourth-order valence-electron chi connectivity index (χ4n) is 3.05. The summed E-state index contributed by atoms with van der Waals surface area (Å²) in [5.74, 6) is 0.402. The zero-order valence-electron chi connectivity index (χ0n) is 17.3. The Balaban J connectivity index is 1.89. The lowest BCUT2D eigenvalue weighted by atomic mass is 10.1. The van der Waals surface area contributed by atoms with Crippen LogP contribution in [-0.4, -0.2) is 39.0 Å². The van der Waals surface area contributed by atoms with Crippen LogP contribution in [0.1, 0.15) is 22.6 Å². The normalized spacial score (nSPS) is 10.6. The van der Waals surface area contributed by atoms with Gasteiger partial charge in [0.2, 0.25) is 5.91 Å². The molecule has 1 amide bonds. The maximum atomic E-state index is 13.1. The van der Waals surface area contributed by atoms with Gasteiger partial charge in [0.25, 0.3) is 5.56 Å². The van der Waals surface area contributed by atoms with E-state index in [1.165, 1.54) is 4.57 Å². The van der Waals surface area contributed by atoms with E-state index in [4.69, 9.17) is 5.73 Å². The van der Waals surface area contributed by atoms with Crippen molar-refractivity contribution in [3.8, 4) is 5.82 Å². The van der Waals surface area contributed by atoms with Crippen molar-refractivity contribution in [3.05, 3.63) is 69.7 Å². The lowest BCUT2D eigenvalue weighted by Crippen LogP contribution is -2.28. The van der Waals surface area contributed by atoms with E-state index >= 15 is 0 Å². The predicted octanol–water partition coefficient (Wildman–Crippen LogP) is 1.16. The summed E-state index contributed by atoms with van der Waals surface area (Å²) < 4.78 is 1.43. The van der Waals surface area contributed by atoms with Gasteiger partial charge in [-0.15, -0.1) is 0 Å². The van der Waals surface area contributed by atoms with Gasteiger partial charge in [-0.05, 0) is 37.6 Å². The summed E-state index contributed by atoms with van der Waals surface area (Å²) in [6, 6.07) is 7.39. The van der Waals surface area contributed by atoms with Crippen LogP contribution < -0.4 is 21.9 Å². The number of nitrogens with zero attached hydrogens (tertiary/aromatic N) is 4. The topological polar surface area (TPSA) is 128 Å². The molecule has 30 heavy (non-hydrogen) atoms. The molecule has 9 heteroatoms. The Hall–Kier alpha value is -3.75. The van der Waals surface area contributed by atoms with E-state index < -0.39 is 0 Å². The van der Waals surface area contributed by atoms with Crippen LogP contribution in [0.4, 0.5) is 11.5 Å². The Morgan fingerprint density at radius 3 is 2.73 bits per heavy atom. The average molecular weight is 407 g/mol. The van der Waals surface area contributed by atoms with Crippen molar-refractivity contribution < 1.29 is 4.79 Å². The minimum Gasteiger partial charge on any atom is -0.396 e. The number of carbonyl (C=O) groups is 1. The minimum absolute atomic E-state index is 0.135. The number of carbonyl (C=O) groups excluding carboxylic acids is 1. The van der Waals surface area contributed by atoms with E-state index in [2.05, 4.69) is 25.6 Å². The Labute approximate surface area is 174 Å². The molecule has 0 aliphatic rings. The first-order valence-corrected chi connectivity index (χ1v) is 9.60. The molecule has 0 fully saturated rings. The molecule has 0 atom stereocenters. The molecule has 3 aromatic rings. The molecule has 0 unspecified atom stereocenters. The molecule has 3 aromatic heterocycles. The fraction of sp³-hybridized carbons (Fsp3) is 0.286. The van der Waals surface area contributed by atoms with Crippen LogP contribution in [0.2, 0.25) is 0 Å². The first-order chi connectivity index (χ1) is 14.4. The van der Waals surface area contributed by atoms with E-state index in [-0.39, 0.29) is 23.7 Å². The van der Waals surface area contributed by atoms with Crippen molar-refractivity contribution in [2.24, 2.45) is 0 Å². The van der Waals surface area contributed by atoms with Crippen LogP contribution >= 0.6 is 0 Å². The second kappa shape index (κ2) is 9.17. The zero-order chi connectivity index (χ0) is 21.7. The summed E-state index contributed by atoms with van der Waals surface area (Å²) in [6.45, 7) is 4.06. The number of hydrogen-bond acceptors (Lipinski definition) is 7. The number of nitrogens with two attached hydrogens (primary N) is 1. The number of anilines is 2. The SMILES string of the molecule is CNC(=O)Cc1cc(N)c(-n2c(C)cnc(NCCc3ccccn3)c2=O)nc1C. The van der Waals surface area contributed by atoms with E-state index in [1.54, 1.807) is 39.4 Å². The molecule has 9 nitrogen and oxygen atoms in total. The van der Waals surface area contributed by atoms with Gasteiger partial charge in [0.1, 0.15) is 0 Å². The van der Waals surface area contributed by atoms with Gasteiger partial charge < -0.3 is 16.4 Å². The standard InChI is InChI=1S/C21H25N7O2/c1-13-12-26-19(25-9-7-16-6-4-5-8-24-16)21(30)28(13)20-17(22)10-15(14(2)27-20)11-18(29)23-3/h4-6,8,10,12H,7,9,11,22H2,1-3H3,(H,23,29)(H,25,26). The number of aryl methyl sites for hydroxylation is 2. The van der Waals surface area contributed by atoms with Gasteiger partial charge in [-0.25, -0.2) is 9.97 Å². The number of pyridine rings is 2. The van der Waals surface area contributed by atoms with Crippen LogP contribution in [0.3, 0.4) is 0 Å². The van der Waals surface area contributed by atoms with Gasteiger partial charge in [-0.2, -0.15) is 0 Å². The summed E-state index contributed by atoms with van der Waals surface area (Å²) in [7, 11) is 1.57. The number of hydrogen-bond donors (Lipinski definition) is 3. The second-order valence-electron chi connectivity index (χ2n) is 6.88. The summed E-state index contributed by atoms with van der Waals surface area (Å²) >= 11 is 0. The van der Waals surface area contributed by atoms with Gasteiger partial charge in [0.05, 0.1) is 12.1 Å². The zero-order valence-corrected chi connectivity index (χ0v) is 17.3. The molecule has 4 N–H and O–H groups in total. The molecule has 156 valence electrons. The monoisotopic (exact) mass is 407 g/mol. The lowest BCUT2D eigenvalue weighted by Gasteiger charge is -2.15. The Bertz CT molecular complexity index is 1110. The molecule has 0 saturated heterocycles. The Morgan fingerprint density at radius 2 is 2.03 bits per heavy atom. The number of likely N-dealkylation sites (N-methyl/N-ethyl adjacent to an activating group) is 1. The molecular formula is C21H25N7O2. The fourth-order valence-corrected chi connectivity index (χ4v) is 3.05. The smallest absolute Gasteiger partial charge is 0.299 e. The van der Waals surface area contributed by atoms with Crippen LogP contribution in [0.15, 0.2) is 41.5 Å². The van der Waals surface area contributed by atoms with E-state index in [0.717, 1.165) is 5.69 Å². The van der Waals surface area contributed by atoms with Crippen LogP contribution in [0.25, 0.3) is 5.82 Å². The molecule has 0 bridgehead atoms. The maximum absolute atomic E-state index is 13.1. The van der Waals surface area contributed by atoms with Crippen molar-refractivity contribution in [3.63, 3.8) is 0 Å². The summed E-state index contributed by atoms with van der Waals surface area (Å²) in [5, 5.41) is 5.65. The number of aromatic nitrogens is 4. The molecule has 0 aromatic carbocycles. The van der Waals surface area contributed by atoms with Crippen molar-refractivity contribution in [2.75, 3.05) is 24.6 Å². The van der Waals surface area contributed by atoms with Crippen molar-refractivity contribution >= 4 is 17.4 Å². The van der Waals surface area contributed by atoms with Crippen molar-refractivity contribution in [1.29, 1.82) is 0 Å². The molecule has 0 spiro atoms. The highest BCUT2D eigenvalue weighted by atomic mass is 16.1. The highest BCUT2D eigenvalue weighted by Gasteiger charge is 2.16. The first-order valence-electron chi connectivity index (χ1n) is 9.60. The van der Waals surface area contributed by atoms with Crippen LogP contribution in [0.5, 0.6) is 0 Å². The molecule has 0 aliphatic heterocycles. The van der Waals surface area contributed by atoms with Crippen LogP contribution in [0, 0.1) is 13.8 Å². The van der Waals surface area contributed by atoms with E-state index in [0.29, 0.717) is 41.4 Å². The number of rotatable bonds is 7. The summed E-state index contributed by atoms with van der Waals surface area (Å²) in [5.41, 5.74) is 9.05. The Morgan fingerprint density at radius 1 is 1.23 bits per heavy atom. The molecule has 3 rings (SSSR count). The number of amides is 1. The largest absolute Gasteiger partial charge is 0.396 e. The highest BCUT2D eigenvalue weighted by Crippen LogP contribution is 2.20. The van der Waals surface area contributed by atoms with Crippen molar-refractivity contribution in [1.82, 2.24) is 24.8 Å². The third-order valence-corrected chi connectivity index (χ3v) is 4.71. The molecule has 0 saturated carbocycles. The molecule has 3 heterocycles. The van der Waals surface area contributed by atoms with E-state index in [9.17, 15) is 9.59 Å². The van der Waals surface area contributed by atoms with Gasteiger partial charge in [-0.1, -0.05) is 6.07 Å². The van der Waals surface area contributed by atoms with Gasteiger partial charge >= 0.3 is 0 Å². The quantitative estimate of drug-likeness (QED) is 0.536. The van der Waals surface area contributed by atoms with Crippen LogP contribution in [-0.2, 0) is 17.6 Å². The number of nitrogens with one attached hydrogen (secondary N) is 2. The Kier molecular flexibility index (Phi) is 6.41. The molecular weight excluding hydrogens is 382 g/mol. The van der Waals surface area contributed by atoms with E-state index in [1.807, 2.05) is 18.2 Å². The first kappa shape index (κ1) is 21.0. The predicted molar refractivity (Wildman–Crippen MR) is 116 cm³/mol. The number of nitrogen functional groups attached to an aromatic ring is 1. The summed E-state index contributed by atoms with van der Waals surface area (Å²) in [6.07, 6.45) is 4.16. The van der Waals surface area contributed by atoms with Gasteiger partial charge in [0, 0.05) is 49.5 Å².